The molecule has 10 nitrogen and oxygen atoms in total. The van der Waals surface area contributed by atoms with Crippen LogP contribution in [-0.4, -0.2) is 45.6 Å². The van der Waals surface area contributed by atoms with Crippen molar-refractivity contribution in [1.29, 1.82) is 5.26 Å². The number of imidazole rings is 1. The first-order valence-electron chi connectivity index (χ1n) is 11.3. The highest BCUT2D eigenvalue weighted by molar-refractivity contribution is 7.89. The fourth-order valence-corrected chi connectivity index (χ4v) is 6.62. The standard InChI is InChI=1S/C21H19F3N6O2S.C2HF3O2/c1-12-2-3-13(33(31,32)29-20-9-19(10-20,11-20)4-5-25)6-14(12)15-7-27-18-17(26)28-16(8-30(15)18)21(22,23)24;3-2(4,5)1(6)7/h2-3,6-8,29H,4,9-11H2,1H3,(H2,26,28);(H,6,7). The minimum atomic E-state index is -5.08. The van der Waals surface area contributed by atoms with Crippen molar-refractivity contribution in [3.05, 3.63) is 41.9 Å². The number of nitrogens with one attached hydrogen (secondary N) is 1. The fraction of sp³-hybridized carbons (Fsp3) is 0.391. The molecule has 3 aliphatic carbocycles. The quantitative estimate of drug-likeness (QED) is 0.375. The van der Waals surface area contributed by atoms with Gasteiger partial charge in [-0.15, -0.1) is 0 Å². The number of carboxylic acid groups (broad SMARTS) is 1. The van der Waals surface area contributed by atoms with Crippen LogP contribution in [0, 0.1) is 23.7 Å². The maximum absolute atomic E-state index is 13.3. The van der Waals surface area contributed by atoms with Gasteiger partial charge in [-0.1, -0.05) is 6.07 Å². The van der Waals surface area contributed by atoms with Gasteiger partial charge in [0.1, 0.15) is 0 Å². The Morgan fingerprint density at radius 2 is 1.82 bits per heavy atom. The normalized spacial score (nSPS) is 21.9. The van der Waals surface area contributed by atoms with Crippen molar-refractivity contribution in [3.63, 3.8) is 0 Å². The van der Waals surface area contributed by atoms with E-state index in [2.05, 4.69) is 20.8 Å². The summed E-state index contributed by atoms with van der Waals surface area (Å²) in [7, 11) is -3.89. The molecule has 1 aromatic carbocycles. The Hall–Kier alpha value is -3.91. The van der Waals surface area contributed by atoms with Crippen molar-refractivity contribution in [1.82, 2.24) is 19.1 Å². The zero-order valence-corrected chi connectivity index (χ0v) is 21.2. The second-order valence-electron chi connectivity index (χ2n) is 9.88. The molecule has 6 rings (SSSR count). The minimum Gasteiger partial charge on any atom is -0.475 e. The number of nitrogens with zero attached hydrogens (tertiary/aromatic N) is 4. The van der Waals surface area contributed by atoms with Gasteiger partial charge in [-0.2, -0.15) is 31.6 Å². The summed E-state index contributed by atoms with van der Waals surface area (Å²) < 4.78 is 102. The molecule has 0 aliphatic heterocycles. The third-order valence-corrected chi connectivity index (χ3v) is 8.37. The van der Waals surface area contributed by atoms with Crippen molar-refractivity contribution in [2.24, 2.45) is 5.41 Å². The van der Waals surface area contributed by atoms with Crippen LogP contribution < -0.4 is 10.5 Å². The van der Waals surface area contributed by atoms with Crippen LogP contribution in [0.3, 0.4) is 0 Å². The van der Waals surface area contributed by atoms with Crippen LogP contribution in [0.4, 0.5) is 32.2 Å². The monoisotopic (exact) mass is 590 g/mol. The number of hydrogen-bond donors (Lipinski definition) is 3. The molecule has 3 fully saturated rings. The van der Waals surface area contributed by atoms with Gasteiger partial charge in [0.05, 0.1) is 22.9 Å². The maximum atomic E-state index is 13.3. The first kappa shape index (κ1) is 29.1. The fourth-order valence-electron chi connectivity index (χ4n) is 5.20. The van der Waals surface area contributed by atoms with Gasteiger partial charge in [-0.3, -0.25) is 4.40 Å². The predicted molar refractivity (Wildman–Crippen MR) is 126 cm³/mol. The molecule has 4 N–H and O–H groups in total. The summed E-state index contributed by atoms with van der Waals surface area (Å²) >= 11 is 0. The molecule has 0 amide bonds. The van der Waals surface area contributed by atoms with Crippen LogP contribution >= 0.6 is 0 Å². The van der Waals surface area contributed by atoms with E-state index in [1.165, 1.54) is 22.7 Å². The molecule has 17 heteroatoms. The van der Waals surface area contributed by atoms with Gasteiger partial charge in [0.2, 0.25) is 10.0 Å². The molecule has 2 bridgehead atoms. The van der Waals surface area contributed by atoms with E-state index in [0.717, 1.165) is 6.20 Å². The Bertz CT molecular complexity index is 1640. The number of alkyl halides is 6. The number of fused-ring (bicyclic) bond motifs is 1. The Morgan fingerprint density at radius 3 is 2.35 bits per heavy atom. The Morgan fingerprint density at radius 1 is 1.23 bits per heavy atom. The molecular weight excluding hydrogens is 570 g/mol. The van der Waals surface area contributed by atoms with E-state index in [-0.39, 0.29) is 27.5 Å². The van der Waals surface area contributed by atoms with Gasteiger partial charge in [0.15, 0.2) is 17.2 Å². The number of nitrogen functional groups attached to an aromatic ring is 1. The molecule has 2 aromatic heterocycles. The minimum absolute atomic E-state index is 0.00446. The Labute approximate surface area is 222 Å². The van der Waals surface area contributed by atoms with Crippen LogP contribution in [-0.2, 0) is 21.0 Å². The van der Waals surface area contributed by atoms with Gasteiger partial charge in [0.25, 0.3) is 0 Å². The molecule has 0 spiro atoms. The van der Waals surface area contributed by atoms with Gasteiger partial charge in [-0.25, -0.2) is 27.9 Å². The zero-order chi connectivity index (χ0) is 29.9. The van der Waals surface area contributed by atoms with Gasteiger partial charge in [-0.05, 0) is 49.3 Å². The number of nitrogens with two attached hydrogens (primary N) is 1. The highest BCUT2D eigenvalue weighted by Crippen LogP contribution is 2.69. The summed E-state index contributed by atoms with van der Waals surface area (Å²) in [5.74, 6) is -3.14. The molecule has 3 aliphatic rings. The van der Waals surface area contributed by atoms with Crippen molar-refractivity contribution in [3.8, 4) is 17.3 Å². The van der Waals surface area contributed by atoms with Crippen LogP contribution in [0.1, 0.15) is 36.9 Å². The number of aryl methyl sites for hydroxylation is 1. The molecule has 0 saturated heterocycles. The number of nitriles is 1. The van der Waals surface area contributed by atoms with Gasteiger partial charge < -0.3 is 10.8 Å². The van der Waals surface area contributed by atoms with Crippen LogP contribution in [0.15, 0.2) is 35.5 Å². The van der Waals surface area contributed by atoms with Crippen molar-refractivity contribution in [2.45, 2.75) is 55.4 Å². The van der Waals surface area contributed by atoms with Crippen LogP contribution in [0.25, 0.3) is 16.9 Å². The number of hydrogen-bond acceptors (Lipinski definition) is 7. The number of anilines is 1. The molecule has 3 saturated carbocycles. The maximum Gasteiger partial charge on any atom is 0.490 e. The lowest BCUT2D eigenvalue weighted by molar-refractivity contribution is -0.192. The van der Waals surface area contributed by atoms with E-state index in [9.17, 15) is 34.8 Å². The topological polar surface area (TPSA) is 163 Å². The SMILES string of the molecule is Cc1ccc(S(=O)(=O)NC23CC(CC#N)(C2)C3)cc1-c1cnc2c(N)nc(C(F)(F)F)cn12.O=C(O)C(F)(F)F. The number of aliphatic carboxylic acids is 1. The number of rotatable bonds is 5. The third-order valence-electron chi connectivity index (χ3n) is 6.79. The highest BCUT2D eigenvalue weighted by atomic mass is 32.2. The van der Waals surface area contributed by atoms with Crippen molar-refractivity contribution >= 4 is 27.5 Å². The number of aromatic nitrogens is 3. The molecule has 40 heavy (non-hydrogen) atoms. The average molecular weight is 591 g/mol. The van der Waals surface area contributed by atoms with E-state index < -0.39 is 39.6 Å². The summed E-state index contributed by atoms with van der Waals surface area (Å²) in [6.07, 6.45) is -5.35. The third kappa shape index (κ3) is 5.28. The summed E-state index contributed by atoms with van der Waals surface area (Å²) in [5, 5.41) is 16.0. The smallest absolute Gasteiger partial charge is 0.475 e. The molecule has 214 valence electrons. The van der Waals surface area contributed by atoms with E-state index in [0.29, 0.717) is 36.8 Å². The van der Waals surface area contributed by atoms with Crippen LogP contribution in [0.5, 0.6) is 0 Å². The number of carbonyl (C=O) groups is 1. The first-order chi connectivity index (χ1) is 18.3. The van der Waals surface area contributed by atoms with E-state index in [1.54, 1.807) is 13.0 Å². The predicted octanol–water partition coefficient (Wildman–Crippen LogP) is 4.05. The lowest BCUT2D eigenvalue weighted by atomic mass is 9.39. The molecule has 0 unspecified atom stereocenters. The molecule has 2 heterocycles. The number of benzene rings is 1. The zero-order valence-electron chi connectivity index (χ0n) is 20.4. The van der Waals surface area contributed by atoms with Crippen molar-refractivity contribution < 1.29 is 44.7 Å². The Kier molecular flexibility index (Phi) is 6.79. The van der Waals surface area contributed by atoms with E-state index in [4.69, 9.17) is 20.9 Å². The van der Waals surface area contributed by atoms with Gasteiger partial charge >= 0.3 is 18.3 Å². The van der Waals surface area contributed by atoms with Crippen molar-refractivity contribution in [2.75, 3.05) is 5.73 Å². The molecule has 0 radical (unpaired) electrons. The Balaban J connectivity index is 0.000000470. The average Bonchev–Trinajstić information content (AvgIpc) is 3.21. The lowest BCUT2D eigenvalue weighted by Gasteiger charge is -2.69. The number of sulfonamides is 1. The molecule has 0 atom stereocenters. The van der Waals surface area contributed by atoms with Gasteiger partial charge in [0, 0.05) is 23.7 Å². The largest absolute Gasteiger partial charge is 0.490 e. The molecular formula is C23H20F6N6O4S. The molecule has 3 aromatic rings. The second-order valence-corrected chi connectivity index (χ2v) is 11.6. The number of halogens is 6. The van der Waals surface area contributed by atoms with E-state index in [1.807, 2.05) is 0 Å². The summed E-state index contributed by atoms with van der Waals surface area (Å²) in [6.45, 7) is 1.72. The lowest BCUT2D eigenvalue weighted by Crippen LogP contribution is -2.74. The summed E-state index contributed by atoms with van der Waals surface area (Å²) in [6, 6.07) is 6.62. The summed E-state index contributed by atoms with van der Waals surface area (Å²) in [5.41, 5.74) is 5.28. The van der Waals surface area contributed by atoms with E-state index >= 15 is 0 Å². The number of carboxylic acids is 1. The summed E-state index contributed by atoms with van der Waals surface area (Å²) in [4.78, 5) is 16.4. The second kappa shape index (κ2) is 9.34. The van der Waals surface area contributed by atoms with Crippen LogP contribution in [0.2, 0.25) is 0 Å². The highest BCUT2D eigenvalue weighted by Gasteiger charge is 2.68. The first-order valence-corrected chi connectivity index (χ1v) is 12.8.